The lowest BCUT2D eigenvalue weighted by molar-refractivity contribution is -0.120. The summed E-state index contributed by atoms with van der Waals surface area (Å²) in [6.45, 7) is 4.09. The standard InChI is InChI=1S/C21H22N2O3/c1-13-8-18-16(12-26-19(18)9-14(13)2)11-21(25)23-17-6-4-15(5-7-17)10-20(24)22-3/h4-9,12H,10-11H2,1-3H3,(H,22,24)(H,23,25). The van der Waals surface area contributed by atoms with E-state index >= 15 is 0 Å². The van der Waals surface area contributed by atoms with Crippen LogP contribution in [-0.4, -0.2) is 18.9 Å². The first kappa shape index (κ1) is 17.7. The molecule has 134 valence electrons. The van der Waals surface area contributed by atoms with Crippen LogP contribution in [0.3, 0.4) is 0 Å². The summed E-state index contributed by atoms with van der Waals surface area (Å²) in [6.07, 6.45) is 2.22. The highest BCUT2D eigenvalue weighted by Gasteiger charge is 2.12. The normalized spacial score (nSPS) is 10.7. The summed E-state index contributed by atoms with van der Waals surface area (Å²) in [5.41, 5.74) is 5.61. The molecule has 1 heterocycles. The molecule has 0 spiro atoms. The Balaban J connectivity index is 1.67. The summed E-state index contributed by atoms with van der Waals surface area (Å²) in [6, 6.07) is 11.3. The van der Waals surface area contributed by atoms with Crippen molar-refractivity contribution in [1.29, 1.82) is 0 Å². The Labute approximate surface area is 152 Å². The number of amides is 2. The molecule has 0 saturated carbocycles. The summed E-state index contributed by atoms with van der Waals surface area (Å²) in [4.78, 5) is 23.8. The molecule has 0 fully saturated rings. The molecule has 3 rings (SSSR count). The molecule has 2 aromatic carbocycles. The maximum Gasteiger partial charge on any atom is 0.228 e. The van der Waals surface area contributed by atoms with Crippen molar-refractivity contribution in [1.82, 2.24) is 5.32 Å². The lowest BCUT2D eigenvalue weighted by atomic mass is 10.0. The van der Waals surface area contributed by atoms with Crippen LogP contribution in [0, 0.1) is 13.8 Å². The van der Waals surface area contributed by atoms with Gasteiger partial charge in [-0.25, -0.2) is 0 Å². The second-order valence-electron chi connectivity index (χ2n) is 6.47. The Hall–Kier alpha value is -3.08. The van der Waals surface area contributed by atoms with Gasteiger partial charge in [0.15, 0.2) is 0 Å². The van der Waals surface area contributed by atoms with Crippen LogP contribution in [0.5, 0.6) is 0 Å². The molecule has 2 amide bonds. The zero-order valence-electron chi connectivity index (χ0n) is 15.2. The first-order valence-electron chi connectivity index (χ1n) is 8.53. The Kier molecular flexibility index (Phi) is 5.07. The van der Waals surface area contributed by atoms with E-state index in [4.69, 9.17) is 4.42 Å². The van der Waals surface area contributed by atoms with E-state index in [9.17, 15) is 9.59 Å². The molecular formula is C21H22N2O3. The van der Waals surface area contributed by atoms with Crippen molar-refractivity contribution in [2.24, 2.45) is 0 Å². The molecule has 26 heavy (non-hydrogen) atoms. The third-order valence-corrected chi connectivity index (χ3v) is 4.50. The largest absolute Gasteiger partial charge is 0.464 e. The van der Waals surface area contributed by atoms with Gasteiger partial charge in [0.1, 0.15) is 5.58 Å². The van der Waals surface area contributed by atoms with Gasteiger partial charge in [0.2, 0.25) is 11.8 Å². The molecule has 1 aromatic heterocycles. The molecule has 0 bridgehead atoms. The lowest BCUT2D eigenvalue weighted by Crippen LogP contribution is -2.20. The summed E-state index contributed by atoms with van der Waals surface area (Å²) in [5, 5.41) is 6.45. The molecule has 0 aliphatic carbocycles. The fraction of sp³-hybridized carbons (Fsp3) is 0.238. The van der Waals surface area contributed by atoms with E-state index in [-0.39, 0.29) is 18.2 Å². The number of likely N-dealkylation sites (N-methyl/N-ethyl adjacent to an activating group) is 1. The highest BCUT2D eigenvalue weighted by Crippen LogP contribution is 2.25. The highest BCUT2D eigenvalue weighted by molar-refractivity contribution is 5.95. The topological polar surface area (TPSA) is 71.3 Å². The minimum absolute atomic E-state index is 0.0425. The van der Waals surface area contributed by atoms with Crippen molar-refractivity contribution in [3.63, 3.8) is 0 Å². The van der Waals surface area contributed by atoms with Crippen LogP contribution in [0.2, 0.25) is 0 Å². The Morgan fingerprint density at radius 1 is 0.962 bits per heavy atom. The van der Waals surface area contributed by atoms with Gasteiger partial charge < -0.3 is 15.1 Å². The van der Waals surface area contributed by atoms with Crippen molar-refractivity contribution in [2.45, 2.75) is 26.7 Å². The molecule has 5 heteroatoms. The van der Waals surface area contributed by atoms with E-state index in [2.05, 4.69) is 16.7 Å². The van der Waals surface area contributed by atoms with E-state index in [1.54, 1.807) is 25.4 Å². The molecule has 3 aromatic rings. The van der Waals surface area contributed by atoms with Crippen LogP contribution in [0.25, 0.3) is 11.0 Å². The maximum absolute atomic E-state index is 12.4. The van der Waals surface area contributed by atoms with Crippen molar-refractivity contribution in [3.8, 4) is 0 Å². The van der Waals surface area contributed by atoms with Crippen LogP contribution in [0.4, 0.5) is 5.69 Å². The number of anilines is 1. The van der Waals surface area contributed by atoms with E-state index < -0.39 is 0 Å². The molecule has 5 nitrogen and oxygen atoms in total. The van der Waals surface area contributed by atoms with Crippen molar-refractivity contribution < 1.29 is 14.0 Å². The van der Waals surface area contributed by atoms with Crippen LogP contribution in [-0.2, 0) is 22.4 Å². The van der Waals surface area contributed by atoms with Crippen molar-refractivity contribution >= 4 is 28.5 Å². The smallest absolute Gasteiger partial charge is 0.228 e. The Morgan fingerprint density at radius 2 is 1.65 bits per heavy atom. The maximum atomic E-state index is 12.4. The molecule has 0 aliphatic heterocycles. The average molecular weight is 350 g/mol. The highest BCUT2D eigenvalue weighted by atomic mass is 16.3. The van der Waals surface area contributed by atoms with Gasteiger partial charge in [0.05, 0.1) is 19.1 Å². The van der Waals surface area contributed by atoms with Crippen molar-refractivity contribution in [2.75, 3.05) is 12.4 Å². The first-order chi connectivity index (χ1) is 12.5. The molecule has 2 N–H and O–H groups in total. The van der Waals surface area contributed by atoms with E-state index in [1.807, 2.05) is 32.0 Å². The zero-order valence-corrected chi connectivity index (χ0v) is 15.2. The third-order valence-electron chi connectivity index (χ3n) is 4.50. The van der Waals surface area contributed by atoms with E-state index in [1.165, 1.54) is 11.1 Å². The average Bonchev–Trinajstić information content (AvgIpc) is 2.98. The number of carbonyl (C=O) groups excluding carboxylic acids is 2. The van der Waals surface area contributed by atoms with Gasteiger partial charge in [-0.1, -0.05) is 12.1 Å². The molecule has 0 radical (unpaired) electrons. The quantitative estimate of drug-likeness (QED) is 0.739. The summed E-state index contributed by atoms with van der Waals surface area (Å²) < 4.78 is 5.58. The van der Waals surface area contributed by atoms with Gasteiger partial charge in [-0.15, -0.1) is 0 Å². The second kappa shape index (κ2) is 7.44. The molecular weight excluding hydrogens is 328 g/mol. The number of carbonyl (C=O) groups is 2. The van der Waals surface area contributed by atoms with Gasteiger partial charge in [-0.3, -0.25) is 9.59 Å². The lowest BCUT2D eigenvalue weighted by Gasteiger charge is -2.06. The van der Waals surface area contributed by atoms with Crippen molar-refractivity contribution in [3.05, 3.63) is 64.9 Å². The van der Waals surface area contributed by atoms with E-state index in [0.717, 1.165) is 22.1 Å². The van der Waals surface area contributed by atoms with E-state index in [0.29, 0.717) is 12.1 Å². The summed E-state index contributed by atoms with van der Waals surface area (Å²) >= 11 is 0. The Morgan fingerprint density at radius 3 is 2.35 bits per heavy atom. The van der Waals surface area contributed by atoms with Gasteiger partial charge in [0.25, 0.3) is 0 Å². The minimum Gasteiger partial charge on any atom is -0.464 e. The monoisotopic (exact) mass is 350 g/mol. The minimum atomic E-state index is -0.107. The third kappa shape index (κ3) is 3.94. The van der Waals surface area contributed by atoms with Crippen LogP contribution in [0.15, 0.2) is 47.1 Å². The predicted molar refractivity (Wildman–Crippen MR) is 102 cm³/mol. The fourth-order valence-electron chi connectivity index (χ4n) is 2.83. The van der Waals surface area contributed by atoms with Gasteiger partial charge in [-0.2, -0.15) is 0 Å². The number of hydrogen-bond donors (Lipinski definition) is 2. The molecule has 0 atom stereocenters. The number of hydrogen-bond acceptors (Lipinski definition) is 3. The number of rotatable bonds is 5. The zero-order chi connectivity index (χ0) is 18.7. The number of nitrogens with one attached hydrogen (secondary N) is 2. The van der Waals surface area contributed by atoms with Crippen LogP contribution >= 0.6 is 0 Å². The number of benzene rings is 2. The summed E-state index contributed by atoms with van der Waals surface area (Å²) in [7, 11) is 1.61. The fourth-order valence-corrected chi connectivity index (χ4v) is 2.83. The van der Waals surface area contributed by atoms with Gasteiger partial charge >= 0.3 is 0 Å². The second-order valence-corrected chi connectivity index (χ2v) is 6.47. The summed E-state index contributed by atoms with van der Waals surface area (Å²) in [5.74, 6) is -0.149. The Bertz CT molecular complexity index is 955. The van der Waals surface area contributed by atoms with Crippen LogP contribution < -0.4 is 10.6 Å². The number of fused-ring (bicyclic) bond motifs is 1. The van der Waals surface area contributed by atoms with Gasteiger partial charge in [-0.05, 0) is 54.8 Å². The molecule has 0 aliphatic rings. The van der Waals surface area contributed by atoms with Crippen LogP contribution in [0.1, 0.15) is 22.3 Å². The first-order valence-corrected chi connectivity index (χ1v) is 8.53. The van der Waals surface area contributed by atoms with Gasteiger partial charge in [0, 0.05) is 23.7 Å². The number of aryl methyl sites for hydroxylation is 2. The predicted octanol–water partition coefficient (Wildman–Crippen LogP) is 3.52. The molecule has 0 unspecified atom stereocenters. The number of furan rings is 1. The molecule has 0 saturated heterocycles. The SMILES string of the molecule is CNC(=O)Cc1ccc(NC(=O)Cc2coc3cc(C)c(C)cc23)cc1.